The summed E-state index contributed by atoms with van der Waals surface area (Å²) in [5, 5.41) is 0. The standard InChI is InChI=1S/C18H29NO4/c1-18(2,3)23-17(22)19-12-8-4-5-9-13(19)16-14(20)10-6-7-11-15(16)21/h13,16H,4-12H2,1-3H3. The van der Waals surface area contributed by atoms with Gasteiger partial charge in [-0.25, -0.2) is 4.79 Å². The van der Waals surface area contributed by atoms with Crippen molar-refractivity contribution in [2.24, 2.45) is 5.92 Å². The molecule has 2 fully saturated rings. The third kappa shape index (κ3) is 4.79. The molecule has 1 saturated carbocycles. The van der Waals surface area contributed by atoms with Gasteiger partial charge < -0.3 is 9.64 Å². The fourth-order valence-corrected chi connectivity index (χ4v) is 3.55. The van der Waals surface area contributed by atoms with Crippen molar-refractivity contribution >= 4 is 17.7 Å². The van der Waals surface area contributed by atoms with E-state index in [4.69, 9.17) is 4.74 Å². The van der Waals surface area contributed by atoms with Gasteiger partial charge in [0.2, 0.25) is 0 Å². The Bertz CT molecular complexity index is 448. The zero-order valence-electron chi connectivity index (χ0n) is 14.6. The van der Waals surface area contributed by atoms with Crippen LogP contribution in [-0.2, 0) is 14.3 Å². The summed E-state index contributed by atoms with van der Waals surface area (Å²) in [6, 6.07) is -0.328. The Morgan fingerprint density at radius 2 is 1.61 bits per heavy atom. The summed E-state index contributed by atoms with van der Waals surface area (Å²) in [6.45, 7) is 6.07. The highest BCUT2D eigenvalue weighted by atomic mass is 16.6. The molecule has 2 aliphatic rings. The number of hydrogen-bond acceptors (Lipinski definition) is 4. The van der Waals surface area contributed by atoms with Crippen molar-refractivity contribution in [3.05, 3.63) is 0 Å². The van der Waals surface area contributed by atoms with Gasteiger partial charge >= 0.3 is 6.09 Å². The predicted molar refractivity (Wildman–Crippen MR) is 87.2 cm³/mol. The lowest BCUT2D eigenvalue weighted by atomic mass is 9.86. The fraction of sp³-hybridized carbons (Fsp3) is 0.833. The maximum absolute atomic E-state index is 12.6. The molecule has 5 nitrogen and oxygen atoms in total. The zero-order valence-corrected chi connectivity index (χ0v) is 14.6. The summed E-state index contributed by atoms with van der Waals surface area (Å²) in [7, 11) is 0. The van der Waals surface area contributed by atoms with Crippen molar-refractivity contribution in [1.82, 2.24) is 4.90 Å². The maximum atomic E-state index is 12.6. The van der Waals surface area contributed by atoms with Gasteiger partial charge in [0.1, 0.15) is 17.2 Å². The number of carbonyl (C=O) groups is 3. The van der Waals surface area contributed by atoms with E-state index in [0.717, 1.165) is 32.1 Å². The van der Waals surface area contributed by atoms with Crippen molar-refractivity contribution in [3.8, 4) is 0 Å². The van der Waals surface area contributed by atoms with Gasteiger partial charge in [0.15, 0.2) is 0 Å². The minimum Gasteiger partial charge on any atom is -0.444 e. The number of ketones is 2. The van der Waals surface area contributed by atoms with Crippen LogP contribution in [0.25, 0.3) is 0 Å². The van der Waals surface area contributed by atoms with Gasteiger partial charge in [0, 0.05) is 19.4 Å². The Balaban J connectivity index is 2.24. The van der Waals surface area contributed by atoms with Crippen LogP contribution < -0.4 is 0 Å². The SMILES string of the molecule is CC(C)(C)OC(=O)N1CCCCCC1C1C(=O)CCCCC1=O. The monoisotopic (exact) mass is 323 g/mol. The largest absolute Gasteiger partial charge is 0.444 e. The maximum Gasteiger partial charge on any atom is 0.410 e. The summed E-state index contributed by atoms with van der Waals surface area (Å²) in [6.07, 6.45) is 5.64. The molecule has 1 aliphatic heterocycles. The van der Waals surface area contributed by atoms with Gasteiger partial charge in [-0.15, -0.1) is 0 Å². The summed E-state index contributed by atoms with van der Waals surface area (Å²) in [5.74, 6) is -0.635. The first-order chi connectivity index (χ1) is 10.8. The third-order valence-corrected chi connectivity index (χ3v) is 4.60. The van der Waals surface area contributed by atoms with Crippen LogP contribution in [0.3, 0.4) is 0 Å². The lowest BCUT2D eigenvalue weighted by Crippen LogP contribution is -2.50. The fourth-order valence-electron chi connectivity index (χ4n) is 3.55. The second-order valence-corrected chi connectivity index (χ2v) is 7.71. The normalized spacial score (nSPS) is 25.0. The zero-order chi connectivity index (χ0) is 17.0. The van der Waals surface area contributed by atoms with E-state index in [0.29, 0.717) is 25.8 Å². The molecule has 1 unspecified atom stereocenters. The molecule has 130 valence electrons. The molecule has 0 radical (unpaired) electrons. The highest BCUT2D eigenvalue weighted by Crippen LogP contribution is 2.30. The summed E-state index contributed by atoms with van der Waals surface area (Å²) in [4.78, 5) is 39.2. The van der Waals surface area contributed by atoms with Gasteiger partial charge in [-0.05, 0) is 46.5 Å². The number of hydrogen-bond donors (Lipinski definition) is 0. The average molecular weight is 323 g/mol. The number of rotatable bonds is 1. The van der Waals surface area contributed by atoms with Crippen LogP contribution in [0.4, 0.5) is 4.79 Å². The first-order valence-electron chi connectivity index (χ1n) is 8.84. The Morgan fingerprint density at radius 3 is 2.17 bits per heavy atom. The van der Waals surface area contributed by atoms with E-state index < -0.39 is 17.6 Å². The van der Waals surface area contributed by atoms with Gasteiger partial charge in [-0.1, -0.05) is 12.8 Å². The molecule has 2 rings (SSSR count). The molecule has 5 heteroatoms. The minimum absolute atomic E-state index is 0.00737. The van der Waals surface area contributed by atoms with E-state index in [9.17, 15) is 14.4 Å². The van der Waals surface area contributed by atoms with Gasteiger partial charge in [-0.3, -0.25) is 9.59 Å². The topological polar surface area (TPSA) is 63.7 Å². The van der Waals surface area contributed by atoms with Crippen LogP contribution in [0.15, 0.2) is 0 Å². The van der Waals surface area contributed by atoms with Crippen LogP contribution >= 0.6 is 0 Å². The molecule has 1 atom stereocenters. The first-order valence-corrected chi connectivity index (χ1v) is 8.84. The van der Waals surface area contributed by atoms with Crippen LogP contribution in [0, 0.1) is 5.92 Å². The van der Waals surface area contributed by atoms with E-state index in [2.05, 4.69) is 0 Å². The molecule has 23 heavy (non-hydrogen) atoms. The minimum atomic E-state index is -0.650. The highest BCUT2D eigenvalue weighted by Gasteiger charge is 2.41. The summed E-state index contributed by atoms with van der Waals surface area (Å²) in [5.41, 5.74) is -0.578. The molecule has 1 saturated heterocycles. The molecule has 0 bridgehead atoms. The Labute approximate surface area is 138 Å². The van der Waals surface area contributed by atoms with Crippen molar-refractivity contribution in [2.75, 3.05) is 6.54 Å². The first kappa shape index (κ1) is 18.0. The summed E-state index contributed by atoms with van der Waals surface area (Å²) >= 11 is 0. The molecule has 1 aliphatic carbocycles. The number of amides is 1. The molecule has 0 aromatic heterocycles. The van der Waals surface area contributed by atoms with E-state index in [1.165, 1.54) is 0 Å². The average Bonchev–Trinajstić information content (AvgIpc) is 2.75. The quantitative estimate of drug-likeness (QED) is 0.547. The number of nitrogens with zero attached hydrogens (tertiary/aromatic N) is 1. The van der Waals surface area contributed by atoms with Crippen molar-refractivity contribution in [3.63, 3.8) is 0 Å². The third-order valence-electron chi connectivity index (χ3n) is 4.60. The molecule has 0 aromatic carbocycles. The Kier molecular flexibility index (Phi) is 5.82. The number of ether oxygens (including phenoxy) is 1. The van der Waals surface area contributed by atoms with E-state index in [-0.39, 0.29) is 17.6 Å². The lowest BCUT2D eigenvalue weighted by molar-refractivity contribution is -0.134. The smallest absolute Gasteiger partial charge is 0.410 e. The molecule has 0 spiro atoms. The molecule has 0 aromatic rings. The highest BCUT2D eigenvalue weighted by molar-refractivity contribution is 6.04. The predicted octanol–water partition coefficient (Wildman–Crippen LogP) is 3.49. The number of Topliss-reactive ketones (excluding diaryl/α,β-unsaturated/α-hetero) is 2. The lowest BCUT2D eigenvalue weighted by Gasteiger charge is -2.35. The van der Waals surface area contributed by atoms with E-state index >= 15 is 0 Å². The Morgan fingerprint density at radius 1 is 1.00 bits per heavy atom. The van der Waals surface area contributed by atoms with Crippen LogP contribution in [0.1, 0.15) is 72.1 Å². The van der Waals surface area contributed by atoms with E-state index in [1.54, 1.807) is 4.90 Å². The van der Waals surface area contributed by atoms with Crippen LogP contribution in [-0.4, -0.2) is 40.7 Å². The molecule has 0 N–H and O–H groups in total. The number of likely N-dealkylation sites (tertiary alicyclic amines) is 1. The van der Waals surface area contributed by atoms with Crippen molar-refractivity contribution in [1.29, 1.82) is 0 Å². The molecule has 1 amide bonds. The van der Waals surface area contributed by atoms with Crippen LogP contribution in [0.5, 0.6) is 0 Å². The molecule has 1 heterocycles. The van der Waals surface area contributed by atoms with Gasteiger partial charge in [0.25, 0.3) is 0 Å². The summed E-state index contributed by atoms with van der Waals surface area (Å²) < 4.78 is 5.52. The van der Waals surface area contributed by atoms with E-state index in [1.807, 2.05) is 20.8 Å². The van der Waals surface area contributed by atoms with Gasteiger partial charge in [-0.2, -0.15) is 0 Å². The van der Waals surface area contributed by atoms with Gasteiger partial charge in [0.05, 0.1) is 12.0 Å². The van der Waals surface area contributed by atoms with Crippen molar-refractivity contribution < 1.29 is 19.1 Å². The Hall–Kier alpha value is -1.39. The number of carbonyl (C=O) groups excluding carboxylic acids is 3. The molecular weight excluding hydrogens is 294 g/mol. The molecular formula is C18H29NO4. The van der Waals surface area contributed by atoms with Crippen molar-refractivity contribution in [2.45, 2.75) is 83.8 Å². The second kappa shape index (κ2) is 7.45. The van der Waals surface area contributed by atoms with Crippen LogP contribution in [0.2, 0.25) is 0 Å². The second-order valence-electron chi connectivity index (χ2n) is 7.71.